The topological polar surface area (TPSA) is 91.0 Å². The van der Waals surface area contributed by atoms with Crippen LogP contribution in [0, 0.1) is 6.92 Å². The molecule has 1 aliphatic heterocycles. The molecule has 1 atom stereocenters. The quantitative estimate of drug-likeness (QED) is 0.890. The number of anilines is 2. The summed E-state index contributed by atoms with van der Waals surface area (Å²) in [6, 6.07) is 2.03. The predicted octanol–water partition coefficient (Wildman–Crippen LogP) is 1.87. The van der Waals surface area contributed by atoms with E-state index in [0.717, 1.165) is 43.4 Å². The maximum atomic E-state index is 11.5. The van der Waals surface area contributed by atoms with Crippen molar-refractivity contribution in [2.45, 2.75) is 25.7 Å². The van der Waals surface area contributed by atoms with E-state index in [9.17, 15) is 8.42 Å². The highest BCUT2D eigenvalue weighted by atomic mass is 32.2. The van der Waals surface area contributed by atoms with Crippen LogP contribution in [0.15, 0.2) is 24.7 Å². The van der Waals surface area contributed by atoms with Crippen LogP contribution >= 0.6 is 0 Å². The van der Waals surface area contributed by atoms with E-state index in [4.69, 9.17) is 0 Å². The number of sulfonamides is 1. The molecule has 0 aromatic carbocycles. The third-order valence-corrected chi connectivity index (χ3v) is 4.72. The van der Waals surface area contributed by atoms with Gasteiger partial charge in [-0.25, -0.2) is 8.42 Å². The molecule has 0 saturated carbocycles. The summed E-state index contributed by atoms with van der Waals surface area (Å²) in [5.74, 6) is 0.211. The molecule has 0 spiro atoms. The lowest BCUT2D eigenvalue weighted by Gasteiger charge is -2.35. The average Bonchev–Trinajstić information content (AvgIpc) is 2.94. The predicted molar refractivity (Wildman–Crippen MR) is 90.2 cm³/mol. The van der Waals surface area contributed by atoms with Crippen LogP contribution in [0.25, 0.3) is 0 Å². The smallest absolute Gasteiger partial charge is 0.229 e. The second-order valence-electron chi connectivity index (χ2n) is 6.02. The fourth-order valence-corrected chi connectivity index (χ4v) is 3.70. The molecule has 7 nitrogen and oxygen atoms in total. The fourth-order valence-electron chi connectivity index (χ4n) is 3.14. The number of nitrogens with one attached hydrogen (secondary N) is 2. The van der Waals surface area contributed by atoms with Gasteiger partial charge in [-0.05, 0) is 31.4 Å². The summed E-state index contributed by atoms with van der Waals surface area (Å²) in [7, 11) is -3.31. The zero-order chi connectivity index (χ0) is 16.4. The van der Waals surface area contributed by atoms with Gasteiger partial charge in [-0.3, -0.25) is 14.8 Å². The van der Waals surface area contributed by atoms with E-state index in [0.29, 0.717) is 5.69 Å². The van der Waals surface area contributed by atoms with E-state index in [1.165, 1.54) is 11.9 Å². The first kappa shape index (κ1) is 15.8. The Hall–Kier alpha value is -2.09. The zero-order valence-corrected chi connectivity index (χ0v) is 14.1. The van der Waals surface area contributed by atoms with Crippen molar-refractivity contribution in [1.29, 1.82) is 0 Å². The Morgan fingerprint density at radius 3 is 2.96 bits per heavy atom. The molecule has 1 fully saturated rings. The van der Waals surface area contributed by atoms with Gasteiger partial charge in [0.25, 0.3) is 0 Å². The first-order valence-electron chi connectivity index (χ1n) is 7.60. The minimum atomic E-state index is -3.31. The maximum absolute atomic E-state index is 11.5. The summed E-state index contributed by atoms with van der Waals surface area (Å²) in [4.78, 5) is 6.47. The second-order valence-corrected chi connectivity index (χ2v) is 7.77. The summed E-state index contributed by atoms with van der Waals surface area (Å²) < 4.78 is 25.5. The summed E-state index contributed by atoms with van der Waals surface area (Å²) in [6.45, 7) is 3.87. The number of nitrogens with zero attached hydrogens (tertiary/aromatic N) is 3. The molecule has 2 aromatic heterocycles. The number of hydrogen-bond donors (Lipinski definition) is 2. The van der Waals surface area contributed by atoms with Gasteiger partial charge in [0, 0.05) is 37.1 Å². The van der Waals surface area contributed by atoms with Crippen molar-refractivity contribution in [3.05, 3.63) is 35.9 Å². The van der Waals surface area contributed by atoms with Gasteiger partial charge < -0.3 is 4.90 Å². The first-order chi connectivity index (χ1) is 10.9. The Kier molecular flexibility index (Phi) is 4.25. The van der Waals surface area contributed by atoms with E-state index in [1.54, 1.807) is 6.20 Å². The van der Waals surface area contributed by atoms with Crippen LogP contribution in [-0.2, 0) is 10.0 Å². The highest BCUT2D eigenvalue weighted by Crippen LogP contribution is 2.33. The molecule has 1 saturated heterocycles. The van der Waals surface area contributed by atoms with Crippen molar-refractivity contribution in [2.75, 3.05) is 29.0 Å². The Morgan fingerprint density at radius 2 is 2.22 bits per heavy atom. The minimum Gasteiger partial charge on any atom is -0.371 e. The van der Waals surface area contributed by atoms with E-state index in [2.05, 4.69) is 31.7 Å². The molecule has 0 aliphatic carbocycles. The molecular formula is C15H21N5O2S. The number of hydrogen-bond acceptors (Lipinski definition) is 5. The van der Waals surface area contributed by atoms with E-state index < -0.39 is 10.0 Å². The van der Waals surface area contributed by atoms with Crippen LogP contribution in [0.2, 0.25) is 0 Å². The van der Waals surface area contributed by atoms with Crippen LogP contribution in [0.3, 0.4) is 0 Å². The number of aromatic nitrogens is 3. The summed E-state index contributed by atoms with van der Waals surface area (Å²) in [5, 5.41) is 6.99. The van der Waals surface area contributed by atoms with Crippen LogP contribution < -0.4 is 9.62 Å². The van der Waals surface area contributed by atoms with Crippen molar-refractivity contribution in [2.24, 2.45) is 0 Å². The Balaban J connectivity index is 1.82. The number of rotatable bonds is 4. The van der Waals surface area contributed by atoms with Gasteiger partial charge >= 0.3 is 0 Å². The molecule has 3 heterocycles. The van der Waals surface area contributed by atoms with E-state index in [1.807, 2.05) is 12.3 Å². The Morgan fingerprint density at radius 1 is 1.39 bits per heavy atom. The van der Waals surface area contributed by atoms with Crippen molar-refractivity contribution in [3.8, 4) is 0 Å². The van der Waals surface area contributed by atoms with E-state index in [-0.39, 0.29) is 5.92 Å². The molecule has 3 rings (SSSR count). The summed E-state index contributed by atoms with van der Waals surface area (Å²) >= 11 is 0. The van der Waals surface area contributed by atoms with Crippen LogP contribution in [-0.4, -0.2) is 42.9 Å². The largest absolute Gasteiger partial charge is 0.371 e. The number of H-pyrrole nitrogens is 1. The summed E-state index contributed by atoms with van der Waals surface area (Å²) in [6.07, 6.45) is 8.40. The van der Waals surface area contributed by atoms with Crippen LogP contribution in [0.4, 0.5) is 11.4 Å². The third-order valence-electron chi connectivity index (χ3n) is 4.13. The van der Waals surface area contributed by atoms with Gasteiger partial charge in [0.15, 0.2) is 0 Å². The molecule has 0 amide bonds. The minimum absolute atomic E-state index is 0.211. The van der Waals surface area contributed by atoms with Crippen molar-refractivity contribution in [1.82, 2.24) is 15.2 Å². The normalized spacial score (nSPS) is 18.9. The maximum Gasteiger partial charge on any atom is 0.229 e. The lowest BCUT2D eigenvalue weighted by atomic mass is 9.93. The molecule has 1 unspecified atom stereocenters. The molecule has 0 radical (unpaired) electrons. The number of pyridine rings is 1. The van der Waals surface area contributed by atoms with Gasteiger partial charge in [-0.15, -0.1) is 0 Å². The molecular weight excluding hydrogens is 314 g/mol. The molecule has 124 valence electrons. The van der Waals surface area contributed by atoms with Crippen molar-refractivity contribution < 1.29 is 8.42 Å². The highest BCUT2D eigenvalue weighted by molar-refractivity contribution is 7.92. The van der Waals surface area contributed by atoms with Crippen molar-refractivity contribution in [3.63, 3.8) is 0 Å². The highest BCUT2D eigenvalue weighted by Gasteiger charge is 2.26. The van der Waals surface area contributed by atoms with Gasteiger partial charge in [0.05, 0.1) is 23.8 Å². The number of piperidine rings is 1. The third kappa shape index (κ3) is 3.64. The van der Waals surface area contributed by atoms with Gasteiger partial charge in [-0.2, -0.15) is 5.10 Å². The molecule has 2 aromatic rings. The Labute approximate surface area is 136 Å². The Bertz CT molecular complexity index is 787. The molecule has 0 bridgehead atoms. The molecule has 23 heavy (non-hydrogen) atoms. The standard InChI is InChI=1S/C15H21N5O2S/c1-11-8-16-6-5-14(11)20-7-3-4-12(10-20)15-13(9-17-18-15)19-23(2,21)22/h5-6,8-9,12,19H,3-4,7,10H2,1-2H3,(H,17,18). The fraction of sp³-hybridized carbons (Fsp3) is 0.467. The average molecular weight is 335 g/mol. The molecule has 1 aliphatic rings. The molecule has 2 N–H and O–H groups in total. The second kappa shape index (κ2) is 6.19. The van der Waals surface area contributed by atoms with Crippen LogP contribution in [0.1, 0.15) is 30.0 Å². The van der Waals surface area contributed by atoms with Gasteiger partial charge in [0.1, 0.15) is 0 Å². The summed E-state index contributed by atoms with van der Waals surface area (Å²) in [5.41, 5.74) is 3.73. The monoisotopic (exact) mass is 335 g/mol. The van der Waals surface area contributed by atoms with Crippen LogP contribution in [0.5, 0.6) is 0 Å². The lowest BCUT2D eigenvalue weighted by Crippen LogP contribution is -2.35. The lowest BCUT2D eigenvalue weighted by molar-refractivity contribution is 0.501. The van der Waals surface area contributed by atoms with Gasteiger partial charge in [-0.1, -0.05) is 0 Å². The zero-order valence-electron chi connectivity index (χ0n) is 13.3. The first-order valence-corrected chi connectivity index (χ1v) is 9.50. The SMILES string of the molecule is Cc1cnccc1N1CCCC(c2[nH]ncc2NS(C)(=O)=O)C1. The van der Waals surface area contributed by atoms with Crippen molar-refractivity contribution >= 4 is 21.4 Å². The van der Waals surface area contributed by atoms with E-state index >= 15 is 0 Å². The number of aryl methyl sites for hydroxylation is 1. The molecule has 8 heteroatoms. The number of aromatic amines is 1. The van der Waals surface area contributed by atoms with Gasteiger partial charge in [0.2, 0.25) is 10.0 Å².